The van der Waals surface area contributed by atoms with E-state index >= 15 is 0 Å². The molecule has 2 heterocycles. The Hall–Kier alpha value is -2.87. The third-order valence-electron chi connectivity index (χ3n) is 3.12. The van der Waals surface area contributed by atoms with E-state index in [4.69, 9.17) is 4.74 Å². The second-order valence-corrected chi connectivity index (χ2v) is 5.68. The molecule has 24 heavy (non-hydrogen) atoms. The number of nitrogens with zero attached hydrogens (tertiary/aromatic N) is 4. The molecule has 8 heteroatoms. The summed E-state index contributed by atoms with van der Waals surface area (Å²) in [6.45, 7) is 0. The van der Waals surface area contributed by atoms with Crippen molar-refractivity contribution in [1.82, 2.24) is 19.7 Å². The minimum atomic E-state index is -0.124. The molecule has 0 atom stereocenters. The number of aromatic nitrogens is 4. The number of hydrogen-bond acceptors (Lipinski definition) is 6. The monoisotopic (exact) mass is 341 g/mol. The Morgan fingerprint density at radius 1 is 1.25 bits per heavy atom. The number of carbonyl (C=O) groups is 1. The molecule has 0 bridgehead atoms. The van der Waals surface area contributed by atoms with Crippen LogP contribution in [0.1, 0.15) is 0 Å². The molecule has 1 aromatic carbocycles. The van der Waals surface area contributed by atoms with E-state index in [1.54, 1.807) is 48.5 Å². The maximum absolute atomic E-state index is 12.1. The van der Waals surface area contributed by atoms with E-state index in [9.17, 15) is 4.79 Å². The van der Waals surface area contributed by atoms with E-state index in [0.717, 1.165) is 5.75 Å². The summed E-state index contributed by atoms with van der Waals surface area (Å²) in [5, 5.41) is 11.4. The van der Waals surface area contributed by atoms with Crippen LogP contribution in [0.3, 0.4) is 0 Å². The van der Waals surface area contributed by atoms with Gasteiger partial charge in [0.2, 0.25) is 5.91 Å². The van der Waals surface area contributed by atoms with E-state index < -0.39 is 0 Å². The van der Waals surface area contributed by atoms with Crippen LogP contribution in [0.4, 0.5) is 5.69 Å². The lowest BCUT2D eigenvalue weighted by molar-refractivity contribution is -0.113. The fourth-order valence-corrected chi connectivity index (χ4v) is 2.69. The van der Waals surface area contributed by atoms with Crippen LogP contribution in [0.15, 0.2) is 60.1 Å². The van der Waals surface area contributed by atoms with Crippen LogP contribution in [0.5, 0.6) is 5.75 Å². The van der Waals surface area contributed by atoms with Gasteiger partial charge in [0.1, 0.15) is 17.9 Å². The zero-order valence-electron chi connectivity index (χ0n) is 12.9. The van der Waals surface area contributed by atoms with Gasteiger partial charge in [-0.1, -0.05) is 17.8 Å². The van der Waals surface area contributed by atoms with E-state index in [1.807, 2.05) is 18.2 Å². The van der Waals surface area contributed by atoms with Crippen molar-refractivity contribution in [1.29, 1.82) is 0 Å². The fraction of sp³-hybridized carbons (Fsp3) is 0.125. The van der Waals surface area contributed by atoms with Gasteiger partial charge in [0.25, 0.3) is 0 Å². The maximum Gasteiger partial charge on any atom is 0.234 e. The maximum atomic E-state index is 12.1. The molecule has 0 saturated heterocycles. The fourth-order valence-electron chi connectivity index (χ4n) is 1.98. The molecule has 0 aliphatic rings. The third kappa shape index (κ3) is 3.90. The number of nitrogens with one attached hydrogen (secondary N) is 1. The molecule has 3 rings (SSSR count). The first-order chi connectivity index (χ1) is 11.8. The highest BCUT2D eigenvalue weighted by Gasteiger charge is 2.11. The average Bonchev–Trinajstić information content (AvgIpc) is 3.10. The van der Waals surface area contributed by atoms with Gasteiger partial charge in [-0.3, -0.25) is 9.36 Å². The minimum absolute atomic E-state index is 0.124. The highest BCUT2D eigenvalue weighted by Crippen LogP contribution is 2.19. The van der Waals surface area contributed by atoms with Crippen molar-refractivity contribution in [3.63, 3.8) is 0 Å². The van der Waals surface area contributed by atoms with Gasteiger partial charge in [-0.15, -0.1) is 10.2 Å². The highest BCUT2D eigenvalue weighted by molar-refractivity contribution is 7.99. The Bertz CT molecular complexity index is 805. The normalized spacial score (nSPS) is 10.4. The standard InChI is InChI=1S/C16H15N5O2S/c1-23-13-7-5-12(6-8-13)19-15(22)10-24-16-20-18-11-21(16)14-4-2-3-9-17-14/h2-9,11H,10H2,1H3,(H,19,22). The lowest BCUT2D eigenvalue weighted by Crippen LogP contribution is -2.14. The number of pyridine rings is 1. The second-order valence-electron chi connectivity index (χ2n) is 4.74. The van der Waals surface area contributed by atoms with Crippen molar-refractivity contribution < 1.29 is 9.53 Å². The van der Waals surface area contributed by atoms with Crippen molar-refractivity contribution in [2.75, 3.05) is 18.2 Å². The van der Waals surface area contributed by atoms with E-state index in [1.165, 1.54) is 11.8 Å². The number of methoxy groups -OCH3 is 1. The van der Waals surface area contributed by atoms with Gasteiger partial charge in [-0.2, -0.15) is 0 Å². The molecule has 0 saturated carbocycles. The van der Waals surface area contributed by atoms with Gasteiger partial charge in [-0.25, -0.2) is 4.98 Å². The summed E-state index contributed by atoms with van der Waals surface area (Å²) >= 11 is 1.30. The molecular weight excluding hydrogens is 326 g/mol. The number of hydrogen-bond donors (Lipinski definition) is 1. The molecule has 122 valence electrons. The van der Waals surface area contributed by atoms with Gasteiger partial charge in [0, 0.05) is 11.9 Å². The molecule has 0 fully saturated rings. The molecule has 0 unspecified atom stereocenters. The summed E-state index contributed by atoms with van der Waals surface area (Å²) in [5.41, 5.74) is 0.715. The molecule has 1 amide bonds. The summed E-state index contributed by atoms with van der Waals surface area (Å²) in [6, 6.07) is 12.7. The van der Waals surface area contributed by atoms with Gasteiger partial charge in [0.05, 0.1) is 12.9 Å². The number of anilines is 1. The Labute approximate surface area is 143 Å². The Balaban J connectivity index is 1.60. The second kappa shape index (κ2) is 7.60. The lowest BCUT2D eigenvalue weighted by atomic mass is 10.3. The number of ether oxygens (including phenoxy) is 1. The van der Waals surface area contributed by atoms with E-state index in [-0.39, 0.29) is 11.7 Å². The van der Waals surface area contributed by atoms with Gasteiger partial charge in [0.15, 0.2) is 5.16 Å². The molecule has 0 aliphatic carbocycles. The highest BCUT2D eigenvalue weighted by atomic mass is 32.2. The first kappa shape index (κ1) is 16.0. The van der Waals surface area contributed by atoms with Crippen LogP contribution >= 0.6 is 11.8 Å². The number of carbonyl (C=O) groups excluding carboxylic acids is 1. The van der Waals surface area contributed by atoms with Crippen molar-refractivity contribution in [2.24, 2.45) is 0 Å². The molecule has 0 aliphatic heterocycles. The third-order valence-corrected chi connectivity index (χ3v) is 4.06. The summed E-state index contributed by atoms with van der Waals surface area (Å²) < 4.78 is 6.83. The zero-order valence-corrected chi connectivity index (χ0v) is 13.7. The SMILES string of the molecule is COc1ccc(NC(=O)CSc2nncn2-c2ccccn2)cc1. The summed E-state index contributed by atoms with van der Waals surface area (Å²) in [5.74, 6) is 1.55. The van der Waals surface area contributed by atoms with E-state index in [0.29, 0.717) is 16.7 Å². The van der Waals surface area contributed by atoms with Crippen LogP contribution in [-0.2, 0) is 4.79 Å². The average molecular weight is 341 g/mol. The number of rotatable bonds is 6. The largest absolute Gasteiger partial charge is 0.497 e. The minimum Gasteiger partial charge on any atom is -0.497 e. The summed E-state index contributed by atoms with van der Waals surface area (Å²) in [6.07, 6.45) is 3.27. The summed E-state index contributed by atoms with van der Waals surface area (Å²) in [4.78, 5) is 16.3. The lowest BCUT2D eigenvalue weighted by Gasteiger charge is -2.07. The molecular formula is C16H15N5O2S. The molecule has 1 N–H and O–H groups in total. The predicted molar refractivity (Wildman–Crippen MR) is 91.5 cm³/mol. The molecule has 7 nitrogen and oxygen atoms in total. The van der Waals surface area contributed by atoms with Crippen LogP contribution in [0.2, 0.25) is 0 Å². The van der Waals surface area contributed by atoms with Crippen molar-refractivity contribution in [3.8, 4) is 11.6 Å². The number of thioether (sulfide) groups is 1. The predicted octanol–water partition coefficient (Wildman–Crippen LogP) is 2.40. The van der Waals surface area contributed by atoms with Gasteiger partial charge < -0.3 is 10.1 Å². The zero-order chi connectivity index (χ0) is 16.8. The molecule has 3 aromatic rings. The number of amides is 1. The molecule has 0 spiro atoms. The Morgan fingerprint density at radius 3 is 2.79 bits per heavy atom. The first-order valence-corrected chi connectivity index (χ1v) is 8.13. The van der Waals surface area contributed by atoms with Crippen LogP contribution in [0.25, 0.3) is 5.82 Å². The number of benzene rings is 1. The Morgan fingerprint density at radius 2 is 2.08 bits per heavy atom. The molecule has 0 radical (unpaired) electrons. The van der Waals surface area contributed by atoms with Crippen LogP contribution in [-0.4, -0.2) is 38.5 Å². The smallest absolute Gasteiger partial charge is 0.234 e. The Kier molecular flexibility index (Phi) is 5.07. The topological polar surface area (TPSA) is 81.9 Å². The van der Waals surface area contributed by atoms with E-state index in [2.05, 4.69) is 20.5 Å². The quantitative estimate of drug-likeness (QED) is 0.693. The summed E-state index contributed by atoms with van der Waals surface area (Å²) in [7, 11) is 1.60. The van der Waals surface area contributed by atoms with Crippen LogP contribution < -0.4 is 10.1 Å². The first-order valence-electron chi connectivity index (χ1n) is 7.14. The van der Waals surface area contributed by atoms with Crippen molar-refractivity contribution in [3.05, 3.63) is 55.0 Å². The van der Waals surface area contributed by atoms with Crippen molar-refractivity contribution >= 4 is 23.4 Å². The van der Waals surface area contributed by atoms with Gasteiger partial charge in [-0.05, 0) is 36.4 Å². The van der Waals surface area contributed by atoms with Crippen LogP contribution in [0, 0.1) is 0 Å². The molecule has 2 aromatic heterocycles. The van der Waals surface area contributed by atoms with Gasteiger partial charge >= 0.3 is 0 Å². The van der Waals surface area contributed by atoms with Crippen molar-refractivity contribution in [2.45, 2.75) is 5.16 Å².